The van der Waals surface area contributed by atoms with Crippen LogP contribution in [0, 0.1) is 0 Å². The molecule has 0 aliphatic carbocycles. The molecule has 94 valence electrons. The van der Waals surface area contributed by atoms with E-state index in [4.69, 9.17) is 5.21 Å². The van der Waals surface area contributed by atoms with Crippen LogP contribution in [0.5, 0.6) is 0 Å². The molecule has 0 heterocycles. The Kier molecular flexibility index (Phi) is 5.93. The van der Waals surface area contributed by atoms with Gasteiger partial charge in [0.15, 0.2) is 0 Å². The fraction of sp³-hybridized carbons (Fsp3) is 0.0769. The van der Waals surface area contributed by atoms with Crippen molar-refractivity contribution in [2.24, 2.45) is 0 Å². The molecule has 5 heteroatoms. The molecule has 0 spiro atoms. The van der Waals surface area contributed by atoms with Crippen molar-refractivity contribution in [2.75, 3.05) is 0 Å². The monoisotopic (exact) mass is 246 g/mol. The number of benzene rings is 1. The Morgan fingerprint density at radius 3 is 2.56 bits per heavy atom. The number of carbonyl (C=O) groups excluding carboxylic acids is 2. The second-order valence-electron chi connectivity index (χ2n) is 3.37. The van der Waals surface area contributed by atoms with E-state index in [0.717, 1.165) is 0 Å². The molecule has 3 N–H and O–H groups in total. The van der Waals surface area contributed by atoms with E-state index in [9.17, 15) is 9.59 Å². The second-order valence-corrected chi connectivity index (χ2v) is 3.37. The minimum atomic E-state index is -0.493. The highest BCUT2D eigenvalue weighted by Gasteiger charge is 1.99. The number of nitrogens with one attached hydrogen (secondary N) is 2. The molecule has 1 aromatic carbocycles. The van der Waals surface area contributed by atoms with E-state index in [1.165, 1.54) is 11.7 Å². The van der Waals surface area contributed by atoms with Crippen molar-refractivity contribution in [1.82, 2.24) is 10.8 Å². The van der Waals surface area contributed by atoms with Crippen LogP contribution in [0.1, 0.15) is 16.8 Å². The summed E-state index contributed by atoms with van der Waals surface area (Å²) in [5.74, 6) is -0.693. The van der Waals surface area contributed by atoms with Gasteiger partial charge < -0.3 is 5.32 Å². The van der Waals surface area contributed by atoms with Crippen molar-refractivity contribution in [1.29, 1.82) is 0 Å². The van der Waals surface area contributed by atoms with E-state index in [1.54, 1.807) is 42.5 Å². The van der Waals surface area contributed by atoms with Crippen LogP contribution in [0.25, 0.3) is 0 Å². The van der Waals surface area contributed by atoms with E-state index >= 15 is 0 Å². The molecule has 0 saturated heterocycles. The molecular formula is C13H14N2O3. The van der Waals surface area contributed by atoms with Crippen molar-refractivity contribution in [3.05, 3.63) is 60.3 Å². The Hall–Kier alpha value is -2.40. The van der Waals surface area contributed by atoms with Crippen molar-refractivity contribution < 1.29 is 14.8 Å². The highest BCUT2D eigenvalue weighted by molar-refractivity contribution is 5.94. The molecular weight excluding hydrogens is 232 g/mol. The van der Waals surface area contributed by atoms with Gasteiger partial charge in [0.1, 0.15) is 0 Å². The lowest BCUT2D eigenvalue weighted by Gasteiger charge is -1.98. The molecule has 2 amide bonds. The van der Waals surface area contributed by atoms with Crippen LogP contribution in [0.2, 0.25) is 0 Å². The average molecular weight is 246 g/mol. The highest BCUT2D eigenvalue weighted by atomic mass is 16.5. The molecule has 0 bridgehead atoms. The SMILES string of the molecule is O=C(C/C=C/C=C/NC(=O)c1ccccc1)NO. The summed E-state index contributed by atoms with van der Waals surface area (Å²) in [5, 5.41) is 10.8. The van der Waals surface area contributed by atoms with Crippen molar-refractivity contribution >= 4 is 11.8 Å². The summed E-state index contributed by atoms with van der Waals surface area (Å²) >= 11 is 0. The van der Waals surface area contributed by atoms with Crippen LogP contribution in [-0.2, 0) is 4.79 Å². The lowest BCUT2D eigenvalue weighted by Crippen LogP contribution is -2.17. The van der Waals surface area contributed by atoms with E-state index in [-0.39, 0.29) is 12.3 Å². The summed E-state index contributed by atoms with van der Waals surface area (Å²) in [6, 6.07) is 8.83. The molecule has 0 atom stereocenters. The second kappa shape index (κ2) is 7.81. The third-order valence-corrected chi connectivity index (χ3v) is 2.02. The highest BCUT2D eigenvalue weighted by Crippen LogP contribution is 1.97. The Morgan fingerprint density at radius 2 is 1.89 bits per heavy atom. The molecule has 0 radical (unpaired) electrons. The Morgan fingerprint density at radius 1 is 1.17 bits per heavy atom. The summed E-state index contributed by atoms with van der Waals surface area (Å²) in [5.41, 5.74) is 2.09. The fourth-order valence-electron chi connectivity index (χ4n) is 1.15. The van der Waals surface area contributed by atoms with Crippen LogP contribution < -0.4 is 10.8 Å². The van der Waals surface area contributed by atoms with Gasteiger partial charge in [0.25, 0.3) is 5.91 Å². The standard InChI is InChI=1S/C13H14N2O3/c16-12(15-18)9-5-2-6-10-14-13(17)11-7-3-1-4-8-11/h1-8,10,18H,9H2,(H,14,17)(H,15,16)/b5-2+,10-6+. The van der Waals surface area contributed by atoms with E-state index in [2.05, 4.69) is 5.32 Å². The third kappa shape index (κ3) is 5.09. The van der Waals surface area contributed by atoms with Gasteiger partial charge in [-0.2, -0.15) is 0 Å². The zero-order valence-electron chi connectivity index (χ0n) is 9.67. The molecule has 18 heavy (non-hydrogen) atoms. The molecule has 0 aromatic heterocycles. The lowest BCUT2D eigenvalue weighted by molar-refractivity contribution is -0.128. The molecule has 0 aliphatic rings. The molecule has 1 aromatic rings. The maximum atomic E-state index is 11.5. The first-order valence-corrected chi connectivity index (χ1v) is 5.34. The van der Waals surface area contributed by atoms with E-state index in [0.29, 0.717) is 5.56 Å². The van der Waals surface area contributed by atoms with Gasteiger partial charge in [0.2, 0.25) is 5.91 Å². The quantitative estimate of drug-likeness (QED) is 0.417. The van der Waals surface area contributed by atoms with Gasteiger partial charge in [-0.15, -0.1) is 0 Å². The normalized spacial score (nSPS) is 10.7. The largest absolute Gasteiger partial charge is 0.329 e. The molecule has 0 saturated carbocycles. The van der Waals surface area contributed by atoms with Gasteiger partial charge >= 0.3 is 0 Å². The van der Waals surface area contributed by atoms with Gasteiger partial charge in [-0.25, -0.2) is 5.48 Å². The average Bonchev–Trinajstić information content (AvgIpc) is 2.43. The van der Waals surface area contributed by atoms with E-state index < -0.39 is 5.91 Å². The molecule has 0 unspecified atom stereocenters. The smallest absolute Gasteiger partial charge is 0.255 e. The van der Waals surface area contributed by atoms with Crippen LogP contribution in [0.3, 0.4) is 0 Å². The number of hydrogen-bond donors (Lipinski definition) is 3. The van der Waals surface area contributed by atoms with Crippen LogP contribution in [0.4, 0.5) is 0 Å². The van der Waals surface area contributed by atoms with Gasteiger partial charge in [0, 0.05) is 18.2 Å². The molecule has 5 nitrogen and oxygen atoms in total. The van der Waals surface area contributed by atoms with Gasteiger partial charge in [0.05, 0.1) is 0 Å². The minimum Gasteiger partial charge on any atom is -0.329 e. The van der Waals surface area contributed by atoms with Crippen molar-refractivity contribution in [3.63, 3.8) is 0 Å². The number of allylic oxidation sites excluding steroid dienone is 2. The van der Waals surface area contributed by atoms with Gasteiger partial charge in [-0.1, -0.05) is 30.4 Å². The topological polar surface area (TPSA) is 78.4 Å². The zero-order valence-corrected chi connectivity index (χ0v) is 9.67. The first-order valence-electron chi connectivity index (χ1n) is 5.34. The predicted molar refractivity (Wildman–Crippen MR) is 66.7 cm³/mol. The maximum absolute atomic E-state index is 11.5. The molecule has 1 rings (SSSR count). The summed E-state index contributed by atoms with van der Waals surface area (Å²) in [6.07, 6.45) is 6.29. The van der Waals surface area contributed by atoms with Crippen molar-refractivity contribution in [3.8, 4) is 0 Å². The van der Waals surface area contributed by atoms with E-state index in [1.807, 2.05) is 6.07 Å². The summed E-state index contributed by atoms with van der Waals surface area (Å²) < 4.78 is 0. The zero-order chi connectivity index (χ0) is 13.2. The van der Waals surface area contributed by atoms with Gasteiger partial charge in [-0.05, 0) is 18.2 Å². The number of amides is 2. The van der Waals surface area contributed by atoms with Gasteiger partial charge in [-0.3, -0.25) is 14.8 Å². The Labute approximate surface area is 105 Å². The summed E-state index contributed by atoms with van der Waals surface area (Å²) in [6.45, 7) is 0. The number of hydroxylamine groups is 1. The Balaban J connectivity index is 2.33. The number of carbonyl (C=O) groups is 2. The van der Waals surface area contributed by atoms with Crippen molar-refractivity contribution in [2.45, 2.75) is 6.42 Å². The van der Waals surface area contributed by atoms with Crippen LogP contribution in [-0.4, -0.2) is 17.0 Å². The maximum Gasteiger partial charge on any atom is 0.255 e. The fourth-order valence-corrected chi connectivity index (χ4v) is 1.15. The lowest BCUT2D eigenvalue weighted by atomic mass is 10.2. The van der Waals surface area contributed by atoms with Crippen LogP contribution in [0.15, 0.2) is 54.8 Å². The summed E-state index contributed by atoms with van der Waals surface area (Å²) in [4.78, 5) is 22.2. The first-order chi connectivity index (χ1) is 8.74. The predicted octanol–water partition coefficient (Wildman–Crippen LogP) is 1.38. The first kappa shape index (κ1) is 13.7. The minimum absolute atomic E-state index is 0.0769. The Bertz CT molecular complexity index is 453. The molecule has 0 aliphatic heterocycles. The third-order valence-electron chi connectivity index (χ3n) is 2.02. The molecule has 0 fully saturated rings. The van der Waals surface area contributed by atoms with Crippen LogP contribution >= 0.6 is 0 Å². The number of hydrogen-bond acceptors (Lipinski definition) is 3. The number of rotatable bonds is 5. The summed E-state index contributed by atoms with van der Waals surface area (Å²) in [7, 11) is 0.